The van der Waals surface area contributed by atoms with E-state index in [4.69, 9.17) is 16.3 Å². The smallest absolute Gasteiger partial charge is 0.341 e. The lowest BCUT2D eigenvalue weighted by Gasteiger charge is -2.04. The van der Waals surface area contributed by atoms with Gasteiger partial charge in [-0.3, -0.25) is 4.79 Å². The summed E-state index contributed by atoms with van der Waals surface area (Å²) in [5.41, 5.74) is 1.71. The van der Waals surface area contributed by atoms with Gasteiger partial charge in [0, 0.05) is 11.0 Å². The van der Waals surface area contributed by atoms with Crippen molar-refractivity contribution in [1.29, 1.82) is 0 Å². The van der Waals surface area contributed by atoms with Crippen molar-refractivity contribution in [3.05, 3.63) is 56.7 Å². The highest BCUT2D eigenvalue weighted by molar-refractivity contribution is 7.16. The second kappa shape index (κ2) is 7.59. The molecule has 4 nitrogen and oxygen atoms in total. The molecule has 0 radical (unpaired) electrons. The molecule has 0 unspecified atom stereocenters. The van der Waals surface area contributed by atoms with Crippen molar-refractivity contribution < 1.29 is 18.7 Å². The summed E-state index contributed by atoms with van der Waals surface area (Å²) in [4.78, 5) is 24.9. The van der Waals surface area contributed by atoms with E-state index in [1.165, 1.54) is 48.8 Å². The largest absolute Gasteiger partial charge is 0.465 e. The summed E-state index contributed by atoms with van der Waals surface area (Å²) in [7, 11) is 1.29. The Hall–Kier alpha value is -2.18. The van der Waals surface area contributed by atoms with E-state index in [0.29, 0.717) is 16.1 Å². The van der Waals surface area contributed by atoms with E-state index < -0.39 is 17.7 Å². The second-order valence-corrected chi connectivity index (χ2v) is 6.61. The van der Waals surface area contributed by atoms with E-state index in [0.717, 1.165) is 10.4 Å². The number of methoxy groups -OCH3 is 1. The zero-order chi connectivity index (χ0) is 17.9. The molecule has 2 rings (SSSR count). The molecule has 1 aromatic heterocycles. The number of ether oxygens (including phenoxy) is 1. The van der Waals surface area contributed by atoms with Crippen LogP contribution in [-0.4, -0.2) is 19.0 Å². The Morgan fingerprint density at radius 2 is 2.04 bits per heavy atom. The van der Waals surface area contributed by atoms with Crippen LogP contribution >= 0.6 is 22.9 Å². The summed E-state index contributed by atoms with van der Waals surface area (Å²) in [5, 5.41) is 3.08. The van der Waals surface area contributed by atoms with E-state index in [1.54, 1.807) is 6.92 Å². The van der Waals surface area contributed by atoms with E-state index in [-0.39, 0.29) is 5.02 Å². The number of nitrogens with one attached hydrogen (secondary N) is 1. The highest BCUT2D eigenvalue weighted by Crippen LogP contribution is 2.32. The van der Waals surface area contributed by atoms with Crippen molar-refractivity contribution in [2.24, 2.45) is 0 Å². The van der Waals surface area contributed by atoms with Crippen molar-refractivity contribution in [2.45, 2.75) is 13.8 Å². The van der Waals surface area contributed by atoms with Crippen molar-refractivity contribution in [1.82, 2.24) is 0 Å². The van der Waals surface area contributed by atoms with Crippen LogP contribution in [0.5, 0.6) is 0 Å². The van der Waals surface area contributed by atoms with E-state index in [2.05, 4.69) is 5.32 Å². The van der Waals surface area contributed by atoms with Gasteiger partial charge in [0.2, 0.25) is 5.91 Å². The summed E-state index contributed by atoms with van der Waals surface area (Å²) < 4.78 is 17.9. The van der Waals surface area contributed by atoms with Crippen molar-refractivity contribution >= 4 is 45.9 Å². The lowest BCUT2D eigenvalue weighted by atomic mass is 10.1. The van der Waals surface area contributed by atoms with Crippen LogP contribution in [0.25, 0.3) is 6.08 Å². The van der Waals surface area contributed by atoms with Crippen molar-refractivity contribution in [2.75, 3.05) is 12.4 Å². The first-order valence-electron chi connectivity index (χ1n) is 6.96. The predicted octanol–water partition coefficient (Wildman–Crippen LogP) is 4.60. The number of rotatable bonds is 4. The van der Waals surface area contributed by atoms with Crippen LogP contribution in [-0.2, 0) is 9.53 Å². The molecule has 1 heterocycles. The molecule has 7 heteroatoms. The van der Waals surface area contributed by atoms with Gasteiger partial charge in [0.25, 0.3) is 0 Å². The summed E-state index contributed by atoms with van der Waals surface area (Å²) >= 11 is 6.99. The number of carbonyl (C=O) groups excluding carboxylic acids is 2. The highest BCUT2D eigenvalue weighted by atomic mass is 35.5. The fourth-order valence-electron chi connectivity index (χ4n) is 2.00. The number of anilines is 1. The van der Waals surface area contributed by atoms with Gasteiger partial charge in [0.15, 0.2) is 0 Å². The fourth-order valence-corrected chi connectivity index (χ4v) is 3.24. The van der Waals surface area contributed by atoms with Gasteiger partial charge in [-0.1, -0.05) is 17.7 Å². The number of hydrogen-bond acceptors (Lipinski definition) is 4. The Morgan fingerprint density at radius 1 is 1.33 bits per heavy atom. The number of esters is 1. The SMILES string of the molecule is COC(=O)c1c(NC(=O)/C=C/c2ccc(F)c(Cl)c2)sc(C)c1C. The normalized spacial score (nSPS) is 10.9. The minimum atomic E-state index is -0.523. The first-order valence-corrected chi connectivity index (χ1v) is 8.15. The van der Waals surface area contributed by atoms with Gasteiger partial charge in [0.1, 0.15) is 10.8 Å². The first-order chi connectivity index (χ1) is 11.3. The molecule has 24 heavy (non-hydrogen) atoms. The standard InChI is InChI=1S/C17H15ClFNO3S/c1-9-10(2)24-16(15(9)17(22)23-3)20-14(21)7-5-11-4-6-13(19)12(18)8-11/h4-8H,1-3H3,(H,20,21)/b7-5+. The quantitative estimate of drug-likeness (QED) is 0.635. The van der Waals surface area contributed by atoms with Gasteiger partial charge < -0.3 is 10.1 Å². The lowest BCUT2D eigenvalue weighted by Crippen LogP contribution is -2.11. The lowest BCUT2D eigenvalue weighted by molar-refractivity contribution is -0.111. The van der Waals surface area contributed by atoms with Gasteiger partial charge in [-0.25, -0.2) is 9.18 Å². The molecular formula is C17H15ClFNO3S. The van der Waals surface area contributed by atoms with Crippen LogP contribution in [0.2, 0.25) is 5.02 Å². The molecule has 0 saturated carbocycles. The molecule has 0 aliphatic heterocycles. The topological polar surface area (TPSA) is 55.4 Å². The number of thiophene rings is 1. The fraction of sp³-hybridized carbons (Fsp3) is 0.176. The molecule has 1 aromatic carbocycles. The summed E-state index contributed by atoms with van der Waals surface area (Å²) in [5.74, 6) is -1.44. The Labute approximate surface area is 147 Å². The monoisotopic (exact) mass is 367 g/mol. The Kier molecular flexibility index (Phi) is 5.75. The first kappa shape index (κ1) is 18.2. The third kappa shape index (κ3) is 4.01. The van der Waals surface area contributed by atoms with Crippen LogP contribution in [0, 0.1) is 19.7 Å². The van der Waals surface area contributed by atoms with Crippen LogP contribution < -0.4 is 5.32 Å². The molecule has 0 aliphatic rings. The zero-order valence-electron chi connectivity index (χ0n) is 13.3. The van der Waals surface area contributed by atoms with Crippen LogP contribution in [0.15, 0.2) is 24.3 Å². The number of carbonyl (C=O) groups is 2. The summed E-state index contributed by atoms with van der Waals surface area (Å²) in [6.45, 7) is 3.66. The molecule has 0 bridgehead atoms. The Bertz CT molecular complexity index is 829. The molecule has 0 spiro atoms. The van der Waals surface area contributed by atoms with Crippen molar-refractivity contribution in [3.63, 3.8) is 0 Å². The van der Waals surface area contributed by atoms with Gasteiger partial charge in [0.05, 0.1) is 17.7 Å². The van der Waals surface area contributed by atoms with E-state index in [1.807, 2.05) is 6.92 Å². The van der Waals surface area contributed by atoms with Gasteiger partial charge in [-0.05, 0) is 43.2 Å². The maximum Gasteiger partial charge on any atom is 0.341 e. The van der Waals surface area contributed by atoms with Crippen LogP contribution in [0.1, 0.15) is 26.4 Å². The minimum Gasteiger partial charge on any atom is -0.465 e. The molecule has 0 atom stereocenters. The van der Waals surface area contributed by atoms with Gasteiger partial charge in [-0.15, -0.1) is 11.3 Å². The molecule has 0 saturated heterocycles. The molecule has 126 valence electrons. The molecule has 1 amide bonds. The Balaban J connectivity index is 2.18. The number of halogens is 2. The van der Waals surface area contributed by atoms with Crippen LogP contribution in [0.3, 0.4) is 0 Å². The van der Waals surface area contributed by atoms with Crippen LogP contribution in [0.4, 0.5) is 9.39 Å². The van der Waals surface area contributed by atoms with E-state index >= 15 is 0 Å². The Morgan fingerprint density at radius 3 is 2.67 bits per heavy atom. The minimum absolute atomic E-state index is 0.0185. The molecule has 2 aromatic rings. The van der Waals surface area contributed by atoms with Crippen molar-refractivity contribution in [3.8, 4) is 0 Å². The second-order valence-electron chi connectivity index (χ2n) is 4.98. The number of amides is 1. The average molecular weight is 368 g/mol. The summed E-state index contributed by atoms with van der Waals surface area (Å²) in [6, 6.07) is 4.14. The third-order valence-corrected chi connectivity index (χ3v) is 4.79. The van der Waals surface area contributed by atoms with E-state index in [9.17, 15) is 14.0 Å². The predicted molar refractivity (Wildman–Crippen MR) is 94.2 cm³/mol. The maximum atomic E-state index is 13.1. The van der Waals surface area contributed by atoms with Gasteiger partial charge in [-0.2, -0.15) is 0 Å². The third-order valence-electron chi connectivity index (χ3n) is 3.38. The number of hydrogen-bond donors (Lipinski definition) is 1. The highest BCUT2D eigenvalue weighted by Gasteiger charge is 2.20. The zero-order valence-corrected chi connectivity index (χ0v) is 14.8. The number of benzene rings is 1. The maximum absolute atomic E-state index is 13.1. The molecule has 0 aliphatic carbocycles. The molecule has 1 N–H and O–H groups in total. The number of aryl methyl sites for hydroxylation is 1. The average Bonchev–Trinajstić information content (AvgIpc) is 2.82. The molecular weight excluding hydrogens is 353 g/mol. The molecule has 0 fully saturated rings. The summed E-state index contributed by atoms with van der Waals surface area (Å²) in [6.07, 6.45) is 2.79. The van der Waals surface area contributed by atoms with Gasteiger partial charge >= 0.3 is 5.97 Å².